The Balaban J connectivity index is 1.95. The Bertz CT molecular complexity index is 741. The Kier molecular flexibility index (Phi) is 4.29. The number of aromatic nitrogens is 4. The second kappa shape index (κ2) is 6.53. The van der Waals surface area contributed by atoms with Gasteiger partial charge in [0.15, 0.2) is 11.5 Å². The van der Waals surface area contributed by atoms with Crippen molar-refractivity contribution in [2.45, 2.75) is 25.8 Å². The van der Waals surface area contributed by atoms with Gasteiger partial charge in [-0.05, 0) is 25.0 Å². The van der Waals surface area contributed by atoms with E-state index in [1.165, 1.54) is 0 Å². The molecule has 2 heterocycles. The molecular formula is C16H19N5O. The van der Waals surface area contributed by atoms with E-state index in [2.05, 4.69) is 27.5 Å². The Morgan fingerprint density at radius 3 is 2.68 bits per heavy atom. The van der Waals surface area contributed by atoms with Gasteiger partial charge in [-0.2, -0.15) is 4.52 Å². The third-order valence-corrected chi connectivity index (χ3v) is 3.62. The molecule has 0 saturated heterocycles. The third-order valence-electron chi connectivity index (χ3n) is 3.62. The number of hydrogen-bond donors (Lipinski definition) is 2. The fourth-order valence-electron chi connectivity index (χ4n) is 2.38. The van der Waals surface area contributed by atoms with Gasteiger partial charge >= 0.3 is 0 Å². The second-order valence-corrected chi connectivity index (χ2v) is 5.14. The molecule has 6 heteroatoms. The second-order valence-electron chi connectivity index (χ2n) is 5.14. The number of nitrogens with zero attached hydrogens (tertiary/aromatic N) is 4. The molecule has 1 aromatic carbocycles. The monoisotopic (exact) mass is 297 g/mol. The SMILES string of the molecule is CCC(CCO)Nc1ccc2nnc(-c3ccccc3)n2n1. The molecule has 0 fully saturated rings. The summed E-state index contributed by atoms with van der Waals surface area (Å²) in [5.41, 5.74) is 1.68. The van der Waals surface area contributed by atoms with Crippen LogP contribution in [-0.2, 0) is 0 Å². The zero-order chi connectivity index (χ0) is 15.4. The highest BCUT2D eigenvalue weighted by Gasteiger charge is 2.11. The minimum atomic E-state index is 0.162. The van der Waals surface area contributed by atoms with Crippen molar-refractivity contribution in [3.8, 4) is 11.4 Å². The number of benzene rings is 1. The average molecular weight is 297 g/mol. The summed E-state index contributed by atoms with van der Waals surface area (Å²) in [6, 6.07) is 13.8. The zero-order valence-electron chi connectivity index (χ0n) is 12.5. The van der Waals surface area contributed by atoms with Crippen LogP contribution in [0.15, 0.2) is 42.5 Å². The van der Waals surface area contributed by atoms with Crippen molar-refractivity contribution in [2.75, 3.05) is 11.9 Å². The maximum atomic E-state index is 9.09. The summed E-state index contributed by atoms with van der Waals surface area (Å²) in [4.78, 5) is 0. The van der Waals surface area contributed by atoms with E-state index in [4.69, 9.17) is 5.11 Å². The summed E-state index contributed by atoms with van der Waals surface area (Å²) >= 11 is 0. The van der Waals surface area contributed by atoms with Gasteiger partial charge in [0.25, 0.3) is 0 Å². The van der Waals surface area contributed by atoms with E-state index in [0.717, 1.165) is 23.6 Å². The van der Waals surface area contributed by atoms with Gasteiger partial charge in [0.2, 0.25) is 0 Å². The molecule has 0 radical (unpaired) electrons. The van der Waals surface area contributed by atoms with Crippen molar-refractivity contribution in [2.24, 2.45) is 0 Å². The molecule has 0 aliphatic heterocycles. The van der Waals surface area contributed by atoms with Crippen LogP contribution in [0, 0.1) is 0 Å². The Morgan fingerprint density at radius 1 is 1.14 bits per heavy atom. The summed E-state index contributed by atoms with van der Waals surface area (Å²) in [5, 5.41) is 25.4. The Hall–Kier alpha value is -2.47. The van der Waals surface area contributed by atoms with Crippen LogP contribution in [0.3, 0.4) is 0 Å². The molecule has 3 rings (SSSR count). The Morgan fingerprint density at radius 2 is 1.95 bits per heavy atom. The highest BCUT2D eigenvalue weighted by molar-refractivity contribution is 5.59. The number of aliphatic hydroxyl groups is 1. The minimum absolute atomic E-state index is 0.162. The molecule has 1 atom stereocenters. The van der Waals surface area contributed by atoms with Crippen molar-refractivity contribution >= 4 is 11.5 Å². The number of anilines is 1. The largest absolute Gasteiger partial charge is 0.396 e. The van der Waals surface area contributed by atoms with E-state index in [1.54, 1.807) is 4.52 Å². The molecule has 1 unspecified atom stereocenters. The molecule has 0 aliphatic rings. The van der Waals surface area contributed by atoms with E-state index < -0.39 is 0 Å². The van der Waals surface area contributed by atoms with Gasteiger partial charge < -0.3 is 10.4 Å². The molecule has 0 spiro atoms. The maximum absolute atomic E-state index is 9.09. The van der Waals surface area contributed by atoms with Crippen LogP contribution >= 0.6 is 0 Å². The molecule has 2 N–H and O–H groups in total. The minimum Gasteiger partial charge on any atom is -0.396 e. The molecule has 6 nitrogen and oxygen atoms in total. The summed E-state index contributed by atoms with van der Waals surface area (Å²) in [5.74, 6) is 1.47. The van der Waals surface area contributed by atoms with Gasteiger partial charge in [0.1, 0.15) is 5.82 Å². The van der Waals surface area contributed by atoms with Crippen molar-refractivity contribution in [3.63, 3.8) is 0 Å². The van der Waals surface area contributed by atoms with Crippen LogP contribution in [0.2, 0.25) is 0 Å². The first-order valence-corrected chi connectivity index (χ1v) is 7.47. The summed E-state index contributed by atoms with van der Waals surface area (Å²) in [6.07, 6.45) is 1.62. The highest BCUT2D eigenvalue weighted by atomic mass is 16.3. The van der Waals surface area contributed by atoms with Crippen LogP contribution < -0.4 is 5.32 Å². The first-order chi connectivity index (χ1) is 10.8. The molecule has 2 aromatic heterocycles. The molecule has 0 amide bonds. The van der Waals surface area contributed by atoms with Crippen molar-refractivity contribution < 1.29 is 5.11 Å². The smallest absolute Gasteiger partial charge is 0.185 e. The van der Waals surface area contributed by atoms with Crippen LogP contribution in [0.1, 0.15) is 19.8 Å². The van der Waals surface area contributed by atoms with Crippen molar-refractivity contribution in [1.82, 2.24) is 19.8 Å². The summed E-state index contributed by atoms with van der Waals surface area (Å²) in [6.45, 7) is 2.25. The zero-order valence-corrected chi connectivity index (χ0v) is 12.5. The molecule has 3 aromatic rings. The molecule has 114 valence electrons. The number of hydrogen-bond acceptors (Lipinski definition) is 5. The lowest BCUT2D eigenvalue weighted by molar-refractivity contribution is 0.278. The first-order valence-electron chi connectivity index (χ1n) is 7.47. The lowest BCUT2D eigenvalue weighted by Crippen LogP contribution is -2.21. The third kappa shape index (κ3) is 2.92. The van der Waals surface area contributed by atoms with E-state index in [9.17, 15) is 0 Å². The molecule has 0 saturated carbocycles. The van der Waals surface area contributed by atoms with E-state index in [-0.39, 0.29) is 12.6 Å². The average Bonchev–Trinajstić information content (AvgIpc) is 2.98. The van der Waals surface area contributed by atoms with Gasteiger partial charge in [-0.25, -0.2) is 0 Å². The van der Waals surface area contributed by atoms with Gasteiger partial charge in [-0.15, -0.1) is 15.3 Å². The number of aliphatic hydroxyl groups excluding tert-OH is 1. The predicted molar refractivity (Wildman–Crippen MR) is 85.6 cm³/mol. The highest BCUT2D eigenvalue weighted by Crippen LogP contribution is 2.18. The summed E-state index contributed by atoms with van der Waals surface area (Å²) in [7, 11) is 0. The van der Waals surface area contributed by atoms with Gasteiger partial charge in [0.05, 0.1) is 0 Å². The standard InChI is InChI=1S/C16H19N5O/c1-2-13(10-11-22)17-14-8-9-15-18-19-16(21(15)20-14)12-6-4-3-5-7-12/h3-9,13,22H,2,10-11H2,1H3,(H,17,20). The van der Waals surface area contributed by atoms with Crippen LogP contribution in [-0.4, -0.2) is 37.6 Å². The number of nitrogens with one attached hydrogen (secondary N) is 1. The Labute approximate surface area is 128 Å². The maximum Gasteiger partial charge on any atom is 0.185 e. The molecule has 0 aliphatic carbocycles. The fraction of sp³-hybridized carbons (Fsp3) is 0.312. The lowest BCUT2D eigenvalue weighted by Gasteiger charge is -2.16. The molecule has 22 heavy (non-hydrogen) atoms. The normalized spacial score (nSPS) is 12.5. The molecular weight excluding hydrogens is 278 g/mol. The van der Waals surface area contributed by atoms with Gasteiger partial charge in [-0.3, -0.25) is 0 Å². The van der Waals surface area contributed by atoms with Gasteiger partial charge in [-0.1, -0.05) is 37.3 Å². The summed E-state index contributed by atoms with van der Waals surface area (Å²) < 4.78 is 1.74. The van der Waals surface area contributed by atoms with E-state index >= 15 is 0 Å². The fourth-order valence-corrected chi connectivity index (χ4v) is 2.38. The number of rotatable bonds is 6. The number of fused-ring (bicyclic) bond motifs is 1. The topological polar surface area (TPSA) is 75.3 Å². The van der Waals surface area contributed by atoms with E-state index in [1.807, 2.05) is 42.5 Å². The quantitative estimate of drug-likeness (QED) is 0.730. The van der Waals surface area contributed by atoms with Gasteiger partial charge in [0, 0.05) is 18.2 Å². The van der Waals surface area contributed by atoms with Crippen LogP contribution in [0.25, 0.3) is 17.0 Å². The van der Waals surface area contributed by atoms with Crippen LogP contribution in [0.4, 0.5) is 5.82 Å². The lowest BCUT2D eigenvalue weighted by atomic mass is 10.1. The van der Waals surface area contributed by atoms with E-state index in [0.29, 0.717) is 12.1 Å². The first kappa shape index (κ1) is 14.5. The van der Waals surface area contributed by atoms with Crippen molar-refractivity contribution in [1.29, 1.82) is 0 Å². The molecule has 0 bridgehead atoms. The predicted octanol–water partition coefficient (Wildman–Crippen LogP) is 2.36. The van der Waals surface area contributed by atoms with Crippen LogP contribution in [0.5, 0.6) is 0 Å². The van der Waals surface area contributed by atoms with Crippen molar-refractivity contribution in [3.05, 3.63) is 42.5 Å².